The minimum absolute atomic E-state index is 0.112. The summed E-state index contributed by atoms with van der Waals surface area (Å²) in [5, 5.41) is 6.04. The Morgan fingerprint density at radius 2 is 1.88 bits per heavy atom. The Bertz CT molecular complexity index is 333. The van der Waals surface area contributed by atoms with E-state index in [1.54, 1.807) is 14.1 Å². The van der Waals surface area contributed by atoms with Gasteiger partial charge in [-0.2, -0.15) is 0 Å². The van der Waals surface area contributed by atoms with E-state index in [2.05, 4.69) is 17.6 Å². The number of amides is 2. The van der Waals surface area contributed by atoms with Gasteiger partial charge in [-0.25, -0.2) is 4.79 Å². The summed E-state index contributed by atoms with van der Waals surface area (Å²) in [5.74, 6) is 0. The van der Waals surface area contributed by atoms with E-state index in [1.807, 2.05) is 24.3 Å². The molecule has 0 fully saturated rings. The van der Waals surface area contributed by atoms with Gasteiger partial charge in [-0.1, -0.05) is 19.1 Å². The lowest BCUT2D eigenvalue weighted by atomic mass is 10.2. The highest BCUT2D eigenvalue weighted by Crippen LogP contribution is 2.09. The number of nitrogens with zero attached hydrogens (tertiary/aromatic N) is 1. The van der Waals surface area contributed by atoms with Crippen molar-refractivity contribution in [2.45, 2.75) is 13.5 Å². The molecule has 0 atom stereocenters. The maximum atomic E-state index is 11.4. The zero-order valence-corrected chi connectivity index (χ0v) is 10.1. The Hall–Kier alpha value is -1.55. The molecule has 0 radical (unpaired) electrons. The Labute approximate surface area is 96.6 Å². The van der Waals surface area contributed by atoms with E-state index >= 15 is 0 Å². The zero-order valence-electron chi connectivity index (χ0n) is 10.1. The standard InChI is InChI=1S/C12H19N3O/c1-4-13-9-10-5-7-11(8-6-10)14-12(16)15(2)3/h5-8,13H,4,9H2,1-3H3,(H,14,16). The van der Waals surface area contributed by atoms with Crippen molar-refractivity contribution in [3.8, 4) is 0 Å². The fourth-order valence-electron chi connectivity index (χ4n) is 1.21. The molecule has 1 rings (SSSR count). The van der Waals surface area contributed by atoms with Crippen molar-refractivity contribution in [1.29, 1.82) is 0 Å². The monoisotopic (exact) mass is 221 g/mol. The predicted molar refractivity (Wildman–Crippen MR) is 66.5 cm³/mol. The van der Waals surface area contributed by atoms with Crippen LogP contribution in [0.15, 0.2) is 24.3 Å². The van der Waals surface area contributed by atoms with E-state index in [4.69, 9.17) is 0 Å². The van der Waals surface area contributed by atoms with Gasteiger partial charge in [0.15, 0.2) is 0 Å². The average Bonchev–Trinajstić information content (AvgIpc) is 2.28. The van der Waals surface area contributed by atoms with Crippen LogP contribution in [-0.4, -0.2) is 31.6 Å². The van der Waals surface area contributed by atoms with Crippen molar-refractivity contribution in [3.05, 3.63) is 29.8 Å². The number of nitrogens with one attached hydrogen (secondary N) is 2. The summed E-state index contributed by atoms with van der Waals surface area (Å²) in [5.41, 5.74) is 2.03. The van der Waals surface area contributed by atoms with Gasteiger partial charge >= 0.3 is 6.03 Å². The van der Waals surface area contributed by atoms with Gasteiger partial charge in [-0.15, -0.1) is 0 Å². The van der Waals surface area contributed by atoms with Crippen LogP contribution in [0.5, 0.6) is 0 Å². The molecule has 2 amide bonds. The van der Waals surface area contributed by atoms with Gasteiger partial charge in [0.25, 0.3) is 0 Å². The first-order valence-electron chi connectivity index (χ1n) is 5.41. The van der Waals surface area contributed by atoms with Crippen molar-refractivity contribution in [2.24, 2.45) is 0 Å². The van der Waals surface area contributed by atoms with Gasteiger partial charge in [0, 0.05) is 26.3 Å². The number of urea groups is 1. The quantitative estimate of drug-likeness (QED) is 0.815. The second-order valence-electron chi connectivity index (χ2n) is 3.80. The number of carbonyl (C=O) groups excluding carboxylic acids is 1. The van der Waals surface area contributed by atoms with Crippen LogP contribution in [0, 0.1) is 0 Å². The van der Waals surface area contributed by atoms with Crippen LogP contribution in [0.2, 0.25) is 0 Å². The van der Waals surface area contributed by atoms with Crippen molar-refractivity contribution in [1.82, 2.24) is 10.2 Å². The molecule has 88 valence electrons. The Morgan fingerprint density at radius 1 is 1.25 bits per heavy atom. The maximum absolute atomic E-state index is 11.4. The molecule has 1 aromatic rings. The van der Waals surface area contributed by atoms with Gasteiger partial charge in [0.2, 0.25) is 0 Å². The number of anilines is 1. The van der Waals surface area contributed by atoms with Crippen molar-refractivity contribution >= 4 is 11.7 Å². The molecule has 0 aliphatic carbocycles. The molecule has 4 nitrogen and oxygen atoms in total. The molecule has 0 unspecified atom stereocenters. The Morgan fingerprint density at radius 3 is 2.38 bits per heavy atom. The number of carbonyl (C=O) groups is 1. The number of benzene rings is 1. The maximum Gasteiger partial charge on any atom is 0.321 e. The summed E-state index contributed by atoms with van der Waals surface area (Å²) in [7, 11) is 3.43. The van der Waals surface area contributed by atoms with E-state index in [-0.39, 0.29) is 6.03 Å². The molecular formula is C12H19N3O. The summed E-state index contributed by atoms with van der Waals surface area (Å²) in [6.45, 7) is 3.89. The summed E-state index contributed by atoms with van der Waals surface area (Å²) in [4.78, 5) is 12.9. The van der Waals surface area contributed by atoms with Crippen LogP contribution in [0.4, 0.5) is 10.5 Å². The van der Waals surface area contributed by atoms with Crippen LogP contribution in [0.1, 0.15) is 12.5 Å². The van der Waals surface area contributed by atoms with Crippen LogP contribution in [0.3, 0.4) is 0 Å². The third-order valence-corrected chi connectivity index (χ3v) is 2.19. The van der Waals surface area contributed by atoms with Crippen molar-refractivity contribution < 1.29 is 4.79 Å². The molecule has 0 heterocycles. The second kappa shape index (κ2) is 6.12. The Kier molecular flexibility index (Phi) is 4.79. The average molecular weight is 221 g/mol. The largest absolute Gasteiger partial charge is 0.331 e. The number of hydrogen-bond donors (Lipinski definition) is 2. The lowest BCUT2D eigenvalue weighted by Gasteiger charge is -2.12. The predicted octanol–water partition coefficient (Wildman–Crippen LogP) is 1.89. The molecule has 0 saturated heterocycles. The minimum atomic E-state index is -0.112. The fraction of sp³-hybridized carbons (Fsp3) is 0.417. The first-order chi connectivity index (χ1) is 7.63. The van der Waals surface area contributed by atoms with E-state index in [0.717, 1.165) is 18.8 Å². The highest BCUT2D eigenvalue weighted by Gasteiger charge is 2.02. The van der Waals surface area contributed by atoms with E-state index < -0.39 is 0 Å². The van der Waals surface area contributed by atoms with Crippen molar-refractivity contribution in [2.75, 3.05) is 26.0 Å². The smallest absolute Gasteiger partial charge is 0.321 e. The fourth-order valence-corrected chi connectivity index (χ4v) is 1.21. The molecule has 0 bridgehead atoms. The minimum Gasteiger partial charge on any atom is -0.331 e. The highest BCUT2D eigenvalue weighted by molar-refractivity contribution is 5.88. The van der Waals surface area contributed by atoms with Gasteiger partial charge in [-0.3, -0.25) is 0 Å². The molecule has 2 N–H and O–H groups in total. The van der Waals surface area contributed by atoms with Gasteiger partial charge in [-0.05, 0) is 24.2 Å². The molecule has 16 heavy (non-hydrogen) atoms. The van der Waals surface area contributed by atoms with Gasteiger partial charge in [0.05, 0.1) is 0 Å². The summed E-state index contributed by atoms with van der Waals surface area (Å²) in [6, 6.07) is 7.73. The zero-order chi connectivity index (χ0) is 12.0. The van der Waals surface area contributed by atoms with Crippen molar-refractivity contribution in [3.63, 3.8) is 0 Å². The van der Waals surface area contributed by atoms with Crippen LogP contribution in [-0.2, 0) is 6.54 Å². The van der Waals surface area contributed by atoms with E-state index in [0.29, 0.717) is 0 Å². The third kappa shape index (κ3) is 3.90. The van der Waals surface area contributed by atoms with E-state index in [9.17, 15) is 4.79 Å². The molecule has 1 aromatic carbocycles. The molecule has 0 aliphatic heterocycles. The van der Waals surface area contributed by atoms with Crippen LogP contribution < -0.4 is 10.6 Å². The van der Waals surface area contributed by atoms with Crippen LogP contribution in [0.25, 0.3) is 0 Å². The van der Waals surface area contributed by atoms with Gasteiger partial charge < -0.3 is 15.5 Å². The summed E-state index contributed by atoms with van der Waals surface area (Å²) >= 11 is 0. The highest BCUT2D eigenvalue weighted by atomic mass is 16.2. The Balaban J connectivity index is 2.54. The second-order valence-corrected chi connectivity index (χ2v) is 3.80. The first-order valence-corrected chi connectivity index (χ1v) is 5.41. The lowest BCUT2D eigenvalue weighted by Crippen LogP contribution is -2.27. The normalized spacial score (nSPS) is 9.94. The molecule has 0 aromatic heterocycles. The third-order valence-electron chi connectivity index (χ3n) is 2.19. The SMILES string of the molecule is CCNCc1ccc(NC(=O)N(C)C)cc1. The summed E-state index contributed by atoms with van der Waals surface area (Å²) < 4.78 is 0. The number of hydrogen-bond acceptors (Lipinski definition) is 2. The molecule has 0 spiro atoms. The molecular weight excluding hydrogens is 202 g/mol. The van der Waals surface area contributed by atoms with Crippen LogP contribution >= 0.6 is 0 Å². The van der Waals surface area contributed by atoms with Gasteiger partial charge in [0.1, 0.15) is 0 Å². The molecule has 0 saturated carbocycles. The molecule has 0 aliphatic rings. The molecule has 4 heteroatoms. The summed E-state index contributed by atoms with van der Waals surface area (Å²) in [6.07, 6.45) is 0. The lowest BCUT2D eigenvalue weighted by molar-refractivity contribution is 0.230. The number of rotatable bonds is 4. The topological polar surface area (TPSA) is 44.4 Å². The first kappa shape index (κ1) is 12.5. The van der Waals surface area contributed by atoms with E-state index in [1.165, 1.54) is 10.5 Å².